The van der Waals surface area contributed by atoms with Gasteiger partial charge in [-0.3, -0.25) is 0 Å². The van der Waals surface area contributed by atoms with Gasteiger partial charge in [-0.15, -0.1) is 0 Å². The van der Waals surface area contributed by atoms with Gasteiger partial charge in [0, 0.05) is 24.3 Å². The molecule has 0 spiro atoms. The monoisotopic (exact) mass is 238 g/mol. The summed E-state index contributed by atoms with van der Waals surface area (Å²) in [7, 11) is 0. The van der Waals surface area contributed by atoms with E-state index in [1.54, 1.807) is 0 Å². The maximum absolute atomic E-state index is 13.2. The summed E-state index contributed by atoms with van der Waals surface area (Å²) in [6.07, 6.45) is 5.40. The summed E-state index contributed by atoms with van der Waals surface area (Å²) in [6, 6.07) is 4.12. The Kier molecular flexibility index (Phi) is 3.97. The van der Waals surface area contributed by atoms with Crippen molar-refractivity contribution in [2.24, 2.45) is 0 Å². The van der Waals surface area contributed by atoms with Gasteiger partial charge in [-0.25, -0.2) is 8.78 Å². The van der Waals surface area contributed by atoms with E-state index in [1.165, 1.54) is 18.6 Å². The van der Waals surface area contributed by atoms with Crippen LogP contribution in [0.4, 0.5) is 14.5 Å². The quantitative estimate of drug-likeness (QED) is 0.759. The molecule has 0 bridgehead atoms. The minimum Gasteiger partial charge on any atom is -0.363 e. The van der Waals surface area contributed by atoms with E-state index < -0.39 is 11.6 Å². The van der Waals surface area contributed by atoms with E-state index in [-0.39, 0.29) is 0 Å². The van der Waals surface area contributed by atoms with Gasteiger partial charge >= 0.3 is 0 Å². The molecule has 0 unspecified atom stereocenters. The molecule has 1 radical (unpaired) electrons. The van der Waals surface area contributed by atoms with Crippen LogP contribution in [0, 0.1) is 18.2 Å². The first-order valence-corrected chi connectivity index (χ1v) is 6.28. The van der Waals surface area contributed by atoms with Gasteiger partial charge in [-0.2, -0.15) is 0 Å². The first-order valence-electron chi connectivity index (χ1n) is 6.28. The molecule has 1 heterocycles. The molecule has 1 atom stereocenters. The highest BCUT2D eigenvalue weighted by Gasteiger charge is 2.22. The van der Waals surface area contributed by atoms with Crippen molar-refractivity contribution >= 4 is 5.69 Å². The third kappa shape index (κ3) is 2.96. The Bertz CT molecular complexity index is 356. The van der Waals surface area contributed by atoms with Crippen LogP contribution < -0.4 is 4.90 Å². The van der Waals surface area contributed by atoms with Crippen LogP contribution in [0.25, 0.3) is 0 Å². The minimum absolute atomic E-state index is 0.384. The number of rotatable bonds is 3. The number of anilines is 1. The Morgan fingerprint density at radius 2 is 1.94 bits per heavy atom. The average Bonchev–Trinajstić information content (AvgIpc) is 2.29. The van der Waals surface area contributed by atoms with E-state index in [4.69, 9.17) is 0 Å². The average molecular weight is 238 g/mol. The Hall–Kier alpha value is -1.12. The topological polar surface area (TPSA) is 3.24 Å². The molecule has 0 amide bonds. The lowest BCUT2D eigenvalue weighted by molar-refractivity contribution is 0.466. The number of hydrogen-bond acceptors (Lipinski definition) is 1. The van der Waals surface area contributed by atoms with Crippen molar-refractivity contribution in [1.29, 1.82) is 0 Å². The van der Waals surface area contributed by atoms with Crippen molar-refractivity contribution < 1.29 is 8.78 Å². The van der Waals surface area contributed by atoms with Crippen LogP contribution in [0.3, 0.4) is 0 Å². The second-order valence-electron chi connectivity index (χ2n) is 4.59. The molecule has 2 rings (SSSR count). The van der Waals surface area contributed by atoms with E-state index in [9.17, 15) is 8.78 Å². The summed E-state index contributed by atoms with van der Waals surface area (Å²) in [5.41, 5.74) is 0.639. The largest absolute Gasteiger partial charge is 0.363 e. The predicted molar refractivity (Wildman–Crippen MR) is 65.7 cm³/mol. The molecular weight excluding hydrogens is 220 g/mol. The van der Waals surface area contributed by atoms with Crippen molar-refractivity contribution in [2.45, 2.75) is 45.1 Å². The van der Waals surface area contributed by atoms with E-state index in [0.29, 0.717) is 11.7 Å². The summed E-state index contributed by atoms with van der Waals surface area (Å²) in [5.74, 6) is -1.01. The van der Waals surface area contributed by atoms with E-state index >= 15 is 0 Å². The van der Waals surface area contributed by atoms with E-state index in [0.717, 1.165) is 31.7 Å². The van der Waals surface area contributed by atoms with Crippen molar-refractivity contribution in [3.05, 3.63) is 36.4 Å². The van der Waals surface area contributed by atoms with Crippen molar-refractivity contribution in [3.8, 4) is 0 Å². The number of halogens is 2. The van der Waals surface area contributed by atoms with Crippen LogP contribution in [0.15, 0.2) is 18.2 Å². The predicted octanol–water partition coefficient (Wildman–Crippen LogP) is 4.29. The highest BCUT2D eigenvalue weighted by molar-refractivity contribution is 5.50. The summed E-state index contributed by atoms with van der Waals surface area (Å²) >= 11 is 0. The maximum Gasteiger partial charge on any atom is 0.128 e. The summed E-state index contributed by atoms with van der Waals surface area (Å²) in [6.45, 7) is 4.21. The molecule has 93 valence electrons. The van der Waals surface area contributed by atoms with Gasteiger partial charge in [-0.05, 0) is 37.8 Å². The second kappa shape index (κ2) is 5.48. The first kappa shape index (κ1) is 12.3. The molecule has 1 aliphatic rings. The zero-order chi connectivity index (χ0) is 12.3. The lowest BCUT2D eigenvalue weighted by Crippen LogP contribution is -2.36. The molecule has 1 aromatic carbocycles. The Balaban J connectivity index is 2.22. The Labute approximate surface area is 101 Å². The van der Waals surface area contributed by atoms with Crippen LogP contribution in [0.1, 0.15) is 39.0 Å². The summed E-state index contributed by atoms with van der Waals surface area (Å²) in [4.78, 5) is 2.04. The highest BCUT2D eigenvalue weighted by atomic mass is 19.1. The van der Waals surface area contributed by atoms with Crippen LogP contribution in [-0.2, 0) is 0 Å². The molecule has 0 saturated carbocycles. The van der Waals surface area contributed by atoms with E-state index in [2.05, 4.69) is 13.5 Å². The highest BCUT2D eigenvalue weighted by Crippen LogP contribution is 2.30. The number of piperidine rings is 1. The molecule has 1 saturated heterocycles. The molecule has 0 aliphatic carbocycles. The third-order valence-corrected chi connectivity index (χ3v) is 3.23. The van der Waals surface area contributed by atoms with Gasteiger partial charge in [0.05, 0.1) is 0 Å². The molecule has 17 heavy (non-hydrogen) atoms. The van der Waals surface area contributed by atoms with Crippen LogP contribution in [0.2, 0.25) is 0 Å². The van der Waals surface area contributed by atoms with Crippen molar-refractivity contribution in [1.82, 2.24) is 0 Å². The molecule has 1 nitrogen and oxygen atoms in total. The van der Waals surface area contributed by atoms with Gasteiger partial charge in [0.25, 0.3) is 0 Å². The molecule has 0 aromatic heterocycles. The molecular formula is C14H18F2N. The van der Waals surface area contributed by atoms with Gasteiger partial charge in [0.2, 0.25) is 0 Å². The van der Waals surface area contributed by atoms with Gasteiger partial charge in [-0.1, -0.05) is 13.3 Å². The van der Waals surface area contributed by atoms with Crippen molar-refractivity contribution in [3.63, 3.8) is 0 Å². The molecule has 3 heteroatoms. The Morgan fingerprint density at radius 3 is 2.59 bits per heavy atom. The summed E-state index contributed by atoms with van der Waals surface area (Å²) < 4.78 is 26.4. The lowest BCUT2D eigenvalue weighted by atomic mass is 9.97. The van der Waals surface area contributed by atoms with Crippen LogP contribution in [0.5, 0.6) is 0 Å². The molecule has 1 aliphatic heterocycles. The fourth-order valence-corrected chi connectivity index (χ4v) is 2.49. The smallest absolute Gasteiger partial charge is 0.128 e. The van der Waals surface area contributed by atoms with Gasteiger partial charge < -0.3 is 4.90 Å². The molecule has 1 fully saturated rings. The second-order valence-corrected chi connectivity index (χ2v) is 4.59. The van der Waals surface area contributed by atoms with Crippen LogP contribution in [-0.4, -0.2) is 6.04 Å². The van der Waals surface area contributed by atoms with Gasteiger partial charge in [0.1, 0.15) is 11.6 Å². The van der Waals surface area contributed by atoms with Gasteiger partial charge in [0.15, 0.2) is 0 Å². The zero-order valence-electron chi connectivity index (χ0n) is 10.1. The van der Waals surface area contributed by atoms with Crippen LogP contribution >= 0.6 is 0 Å². The number of nitrogens with zero attached hydrogens (tertiary/aromatic N) is 1. The molecule has 0 N–H and O–H groups in total. The summed E-state index contributed by atoms with van der Waals surface area (Å²) in [5, 5.41) is 0. The first-order chi connectivity index (χ1) is 8.20. The van der Waals surface area contributed by atoms with E-state index in [1.807, 2.05) is 4.90 Å². The normalized spacial score (nSPS) is 20.6. The standard InChI is InChI=1S/C14H18F2N/c1-2-5-13-6-3-4-7-17(13)14-9-11(15)8-12(16)10-14/h7-10,13H,2-6H2,1H3/t13-/m0/s1. The lowest BCUT2D eigenvalue weighted by Gasteiger charge is -2.37. The fourth-order valence-electron chi connectivity index (χ4n) is 2.49. The zero-order valence-corrected chi connectivity index (χ0v) is 10.1. The molecule has 1 aromatic rings. The number of hydrogen-bond donors (Lipinski definition) is 0. The minimum atomic E-state index is -0.505. The van der Waals surface area contributed by atoms with Crippen molar-refractivity contribution in [2.75, 3.05) is 4.90 Å². The number of benzene rings is 1. The third-order valence-electron chi connectivity index (χ3n) is 3.23. The Morgan fingerprint density at radius 1 is 1.24 bits per heavy atom. The SMILES string of the molecule is CCC[C@H]1CCC[CH]N1c1cc(F)cc(F)c1. The fraction of sp³-hybridized carbons (Fsp3) is 0.500. The maximum atomic E-state index is 13.2.